The number of benzene rings is 2. The predicted molar refractivity (Wildman–Crippen MR) is 177 cm³/mol. The van der Waals surface area contributed by atoms with Crippen molar-refractivity contribution in [3.05, 3.63) is 103 Å². The Morgan fingerprint density at radius 3 is 2.27 bits per heavy atom. The number of pyridine rings is 1. The van der Waals surface area contributed by atoms with Gasteiger partial charge >= 0.3 is 6.18 Å². The Kier molecular flexibility index (Phi) is 9.78. The normalized spacial score (nSPS) is 17.0. The van der Waals surface area contributed by atoms with E-state index in [0.717, 1.165) is 52.0 Å². The fourth-order valence-electron chi connectivity index (χ4n) is 4.94. The Hall–Kier alpha value is -3.85. The first kappa shape index (κ1) is 33.1. The molecule has 2 aromatic carbocycles. The zero-order valence-corrected chi connectivity index (χ0v) is 26.5. The molecule has 0 saturated carbocycles. The molecule has 1 aromatic heterocycles. The Labute approximate surface area is 259 Å². The fourth-order valence-corrected chi connectivity index (χ4v) is 6.38. The summed E-state index contributed by atoms with van der Waals surface area (Å²) in [6.45, 7) is 19.4. The molecule has 2 aliphatic rings. The Bertz CT molecular complexity index is 1620. The van der Waals surface area contributed by atoms with Gasteiger partial charge in [-0.05, 0) is 47.9 Å². The summed E-state index contributed by atoms with van der Waals surface area (Å²) < 4.78 is 54.4. The molecule has 2 aliphatic heterocycles. The van der Waals surface area contributed by atoms with Gasteiger partial charge in [0, 0.05) is 46.3 Å². The summed E-state index contributed by atoms with van der Waals surface area (Å²) in [5.74, 6) is 5.14. The van der Waals surface area contributed by atoms with Crippen LogP contribution in [-0.2, 0) is 12.7 Å². The maximum atomic E-state index is 15.6. The molecular formula is C35H38F4N4S. The lowest BCUT2D eigenvalue weighted by Gasteiger charge is -2.29. The van der Waals surface area contributed by atoms with E-state index in [1.165, 1.54) is 6.07 Å². The number of nitrogens with zero attached hydrogens (tertiary/aromatic N) is 4. The summed E-state index contributed by atoms with van der Waals surface area (Å²) in [5.41, 5.74) is 4.97. The van der Waals surface area contributed by atoms with Crippen LogP contribution in [0.5, 0.6) is 0 Å². The lowest BCUT2D eigenvalue weighted by Crippen LogP contribution is -2.30. The molecule has 4 nitrogen and oxygen atoms in total. The van der Waals surface area contributed by atoms with Crippen LogP contribution in [0.15, 0.2) is 95.3 Å². The summed E-state index contributed by atoms with van der Waals surface area (Å²) in [4.78, 5) is 6.96. The Morgan fingerprint density at radius 1 is 1.00 bits per heavy atom. The summed E-state index contributed by atoms with van der Waals surface area (Å²) in [6, 6.07) is 13.4. The second-order valence-corrected chi connectivity index (χ2v) is 13.5. The molecule has 1 unspecified atom stereocenters. The van der Waals surface area contributed by atoms with Crippen molar-refractivity contribution in [2.24, 2.45) is 21.5 Å². The van der Waals surface area contributed by atoms with Gasteiger partial charge in [0.25, 0.3) is 0 Å². The van der Waals surface area contributed by atoms with Gasteiger partial charge in [0.15, 0.2) is 0 Å². The molecule has 0 spiro atoms. The van der Waals surface area contributed by atoms with Gasteiger partial charge in [0.05, 0.1) is 28.4 Å². The SMILES string of the molecule is C=C.C=C1CCS(=C)c2cc(F)c(C3=NN=C(C(C)(C)C(C)C)C3)cc2N1Cc1ccc(-c2ccc(C(F)(F)F)cn2)cc1. The quantitative estimate of drug-likeness (QED) is 0.156. The zero-order chi connectivity index (χ0) is 32.4. The van der Waals surface area contributed by atoms with Crippen LogP contribution < -0.4 is 4.90 Å². The van der Waals surface area contributed by atoms with Crippen LogP contribution in [-0.4, -0.2) is 28.0 Å². The highest BCUT2D eigenvalue weighted by Gasteiger charge is 2.34. The monoisotopic (exact) mass is 622 g/mol. The van der Waals surface area contributed by atoms with Crippen molar-refractivity contribution in [3.8, 4) is 11.3 Å². The van der Waals surface area contributed by atoms with Crippen LogP contribution in [0.25, 0.3) is 11.3 Å². The van der Waals surface area contributed by atoms with Gasteiger partial charge in [-0.1, -0.05) is 64.4 Å². The van der Waals surface area contributed by atoms with Crippen LogP contribution in [0, 0.1) is 17.2 Å². The molecule has 0 bridgehead atoms. The van der Waals surface area contributed by atoms with Gasteiger partial charge < -0.3 is 4.90 Å². The van der Waals surface area contributed by atoms with Gasteiger partial charge in [-0.3, -0.25) is 4.98 Å². The average molecular weight is 623 g/mol. The molecule has 1 atom stereocenters. The van der Waals surface area contributed by atoms with Gasteiger partial charge in [0.2, 0.25) is 0 Å². The number of aromatic nitrogens is 1. The maximum Gasteiger partial charge on any atom is 0.417 e. The minimum Gasteiger partial charge on any atom is -0.340 e. The zero-order valence-electron chi connectivity index (χ0n) is 25.6. The lowest BCUT2D eigenvalue weighted by atomic mass is 9.75. The van der Waals surface area contributed by atoms with E-state index < -0.39 is 22.2 Å². The number of hydrogen-bond acceptors (Lipinski definition) is 4. The van der Waals surface area contributed by atoms with Crippen molar-refractivity contribution in [2.45, 2.75) is 58.2 Å². The molecule has 0 aliphatic carbocycles. The number of alkyl halides is 3. The van der Waals surface area contributed by atoms with Crippen molar-refractivity contribution in [1.29, 1.82) is 0 Å². The summed E-state index contributed by atoms with van der Waals surface area (Å²) in [6.07, 6.45) is -2.36. The molecule has 9 heteroatoms. The third kappa shape index (κ3) is 6.78. The van der Waals surface area contributed by atoms with E-state index in [4.69, 9.17) is 0 Å². The number of anilines is 1. The highest BCUT2D eigenvalue weighted by Crippen LogP contribution is 2.43. The molecule has 3 heterocycles. The average Bonchev–Trinajstić information content (AvgIpc) is 3.47. The van der Waals surface area contributed by atoms with Gasteiger partial charge in [-0.25, -0.2) is 4.39 Å². The number of allylic oxidation sites excluding steroid dienone is 1. The van der Waals surface area contributed by atoms with Crippen molar-refractivity contribution >= 4 is 33.5 Å². The van der Waals surface area contributed by atoms with E-state index in [1.807, 2.05) is 30.3 Å². The van der Waals surface area contributed by atoms with Gasteiger partial charge in [-0.15, -0.1) is 13.2 Å². The van der Waals surface area contributed by atoms with E-state index in [-0.39, 0.29) is 11.2 Å². The first-order chi connectivity index (χ1) is 20.8. The van der Waals surface area contributed by atoms with E-state index in [1.54, 1.807) is 6.07 Å². The maximum absolute atomic E-state index is 15.6. The third-order valence-electron chi connectivity index (χ3n) is 8.47. The molecule has 5 rings (SSSR count). The van der Waals surface area contributed by atoms with Crippen molar-refractivity contribution in [3.63, 3.8) is 0 Å². The fraction of sp³-hybridized carbons (Fsp3) is 0.314. The highest BCUT2D eigenvalue weighted by atomic mass is 32.2. The van der Waals surface area contributed by atoms with Crippen LogP contribution in [0.2, 0.25) is 0 Å². The number of hydrogen-bond donors (Lipinski definition) is 0. The Balaban J connectivity index is 0.00000216. The standard InChI is InChI=1S/C33H34F4N4S.C2H4/c1-20(2)32(4,5)31-17-28(39-40-31)25-15-29-30(16-26(25)34)42(6)14-13-21(3)41(29)19-22-7-9-23(10-8-22)27-12-11-24(18-38-27)33(35,36)37;1-2/h7-12,15-16,18,20H,3,6,13-14,17,19H2,1-2,4-5H3;1-2H2. The van der Waals surface area contributed by atoms with Crippen LogP contribution >= 0.6 is 10.5 Å². The molecule has 44 heavy (non-hydrogen) atoms. The third-order valence-corrected chi connectivity index (χ3v) is 10.1. The summed E-state index contributed by atoms with van der Waals surface area (Å²) in [7, 11) is -0.416. The van der Waals surface area contributed by atoms with E-state index in [0.29, 0.717) is 41.4 Å². The van der Waals surface area contributed by atoms with Crippen molar-refractivity contribution in [2.75, 3.05) is 10.7 Å². The van der Waals surface area contributed by atoms with Crippen LogP contribution in [0.1, 0.15) is 57.2 Å². The minimum atomic E-state index is -4.43. The summed E-state index contributed by atoms with van der Waals surface area (Å²) >= 11 is 0. The van der Waals surface area contributed by atoms with Crippen LogP contribution in [0.4, 0.5) is 23.2 Å². The summed E-state index contributed by atoms with van der Waals surface area (Å²) in [5, 5.41) is 8.88. The smallest absolute Gasteiger partial charge is 0.340 e. The molecule has 0 N–H and O–H groups in total. The predicted octanol–water partition coefficient (Wildman–Crippen LogP) is 9.92. The van der Waals surface area contributed by atoms with E-state index in [2.05, 4.69) is 73.4 Å². The van der Waals surface area contributed by atoms with Crippen molar-refractivity contribution < 1.29 is 17.6 Å². The second-order valence-electron chi connectivity index (χ2n) is 11.7. The largest absolute Gasteiger partial charge is 0.417 e. The molecule has 232 valence electrons. The molecule has 0 fully saturated rings. The molecular weight excluding hydrogens is 584 g/mol. The van der Waals surface area contributed by atoms with E-state index >= 15 is 4.39 Å². The molecule has 0 amide bonds. The van der Waals surface area contributed by atoms with Gasteiger partial charge in [0.1, 0.15) is 5.82 Å². The Morgan fingerprint density at radius 2 is 1.68 bits per heavy atom. The van der Waals surface area contributed by atoms with Crippen molar-refractivity contribution in [1.82, 2.24) is 4.98 Å². The molecule has 0 radical (unpaired) electrons. The first-order valence-electron chi connectivity index (χ1n) is 14.3. The minimum absolute atomic E-state index is 0.157. The number of halogens is 4. The topological polar surface area (TPSA) is 40.9 Å². The van der Waals surface area contributed by atoms with E-state index in [9.17, 15) is 13.2 Å². The molecule has 3 aromatic rings. The first-order valence-corrected chi connectivity index (χ1v) is 15.9. The van der Waals surface area contributed by atoms with Crippen LogP contribution in [0.3, 0.4) is 0 Å². The number of rotatable bonds is 6. The second kappa shape index (κ2) is 13.0. The number of fused-ring (bicyclic) bond motifs is 1. The lowest BCUT2D eigenvalue weighted by molar-refractivity contribution is -0.137. The van der Waals surface area contributed by atoms with Gasteiger partial charge in [-0.2, -0.15) is 33.9 Å². The highest BCUT2D eigenvalue weighted by molar-refractivity contribution is 8.14. The molecule has 0 saturated heterocycles.